The zero-order chi connectivity index (χ0) is 12.8. The Morgan fingerprint density at radius 2 is 2.12 bits per heavy atom. The first-order valence-corrected chi connectivity index (χ1v) is 6.09. The molecule has 0 fully saturated rings. The summed E-state index contributed by atoms with van der Waals surface area (Å²) in [5.41, 5.74) is 0.985. The quantitative estimate of drug-likeness (QED) is 0.801. The largest absolute Gasteiger partial charge is 0.481 e. The average molecular weight is 273 g/mol. The normalized spacial score (nSPS) is 12.9. The minimum Gasteiger partial charge on any atom is -0.481 e. The monoisotopic (exact) mass is 272 g/mol. The number of carboxylic acid groups (broad SMARTS) is 1. The number of carbonyl (C=O) groups is 1. The lowest BCUT2D eigenvalue weighted by atomic mass is 9.94. The molecule has 0 bridgehead atoms. The Kier molecular flexibility index (Phi) is 5.52. The molecule has 0 saturated heterocycles. The van der Waals surface area contributed by atoms with Gasteiger partial charge < -0.3 is 5.11 Å². The Morgan fingerprint density at radius 3 is 2.65 bits per heavy atom. The zero-order valence-electron chi connectivity index (χ0n) is 9.49. The van der Waals surface area contributed by atoms with Crippen LogP contribution in [-0.2, 0) is 4.79 Å². The second kappa shape index (κ2) is 6.67. The Morgan fingerprint density at radius 1 is 1.41 bits per heavy atom. The lowest BCUT2D eigenvalue weighted by Crippen LogP contribution is -2.01. The molecule has 1 N–H and O–H groups in total. The summed E-state index contributed by atoms with van der Waals surface area (Å²) in [4.78, 5) is 10.6. The molecule has 0 radical (unpaired) electrons. The molecule has 0 unspecified atom stereocenters. The van der Waals surface area contributed by atoms with E-state index in [0.717, 1.165) is 5.56 Å². The van der Waals surface area contributed by atoms with E-state index < -0.39 is 5.97 Å². The van der Waals surface area contributed by atoms with Crippen LogP contribution in [0.4, 0.5) is 0 Å². The number of rotatable bonds is 5. The maximum Gasteiger partial charge on any atom is 0.303 e. The van der Waals surface area contributed by atoms with E-state index in [4.69, 9.17) is 28.3 Å². The van der Waals surface area contributed by atoms with E-state index in [1.807, 2.05) is 25.1 Å². The van der Waals surface area contributed by atoms with Crippen molar-refractivity contribution in [1.82, 2.24) is 0 Å². The molecule has 0 spiro atoms. The molecule has 0 heterocycles. The smallest absolute Gasteiger partial charge is 0.303 e. The predicted octanol–water partition coefficient (Wildman–Crippen LogP) is 4.52. The molecule has 17 heavy (non-hydrogen) atoms. The van der Waals surface area contributed by atoms with Crippen LogP contribution in [0.25, 0.3) is 0 Å². The Bertz CT molecular complexity index is 427. The molecule has 1 aromatic carbocycles. The molecule has 0 aliphatic carbocycles. The van der Waals surface area contributed by atoms with Gasteiger partial charge in [0.15, 0.2) is 0 Å². The molecule has 1 aromatic rings. The molecule has 1 rings (SSSR count). The maximum absolute atomic E-state index is 10.6. The van der Waals surface area contributed by atoms with Crippen molar-refractivity contribution in [2.75, 3.05) is 0 Å². The fraction of sp³-hybridized carbons (Fsp3) is 0.308. The van der Waals surface area contributed by atoms with Crippen LogP contribution < -0.4 is 0 Å². The van der Waals surface area contributed by atoms with Gasteiger partial charge in [-0.2, -0.15) is 0 Å². The standard InChI is InChI=1S/C13H14Cl2O2/c1-2-3-9(5-7-13(16)17)10-4-6-11(14)12(15)8-10/h2-4,6,8-9H,5,7H2,1H3,(H,16,17)/t9-/m1/s1. The van der Waals surface area contributed by atoms with E-state index in [1.54, 1.807) is 12.1 Å². The number of benzene rings is 1. The summed E-state index contributed by atoms with van der Waals surface area (Å²) in [5.74, 6) is -0.731. The molecular formula is C13H14Cl2O2. The van der Waals surface area contributed by atoms with Gasteiger partial charge in [0.1, 0.15) is 0 Å². The summed E-state index contributed by atoms with van der Waals surface area (Å²) in [6.07, 6.45) is 4.57. The van der Waals surface area contributed by atoms with Gasteiger partial charge in [-0.1, -0.05) is 41.4 Å². The van der Waals surface area contributed by atoms with Crippen LogP contribution >= 0.6 is 23.2 Å². The summed E-state index contributed by atoms with van der Waals surface area (Å²) in [6.45, 7) is 1.91. The van der Waals surface area contributed by atoms with Gasteiger partial charge in [-0.3, -0.25) is 4.79 Å². The minimum absolute atomic E-state index is 0.0610. The summed E-state index contributed by atoms with van der Waals surface area (Å²) in [5, 5.41) is 9.71. The van der Waals surface area contributed by atoms with E-state index >= 15 is 0 Å². The molecule has 92 valence electrons. The van der Waals surface area contributed by atoms with Crippen molar-refractivity contribution in [3.05, 3.63) is 46.0 Å². The van der Waals surface area contributed by atoms with Crippen molar-refractivity contribution in [3.63, 3.8) is 0 Å². The minimum atomic E-state index is -0.792. The molecule has 0 aliphatic rings. The number of aliphatic carboxylic acids is 1. The fourth-order valence-electron chi connectivity index (χ4n) is 1.63. The topological polar surface area (TPSA) is 37.3 Å². The van der Waals surface area contributed by atoms with E-state index in [2.05, 4.69) is 0 Å². The van der Waals surface area contributed by atoms with Crippen molar-refractivity contribution in [3.8, 4) is 0 Å². The van der Waals surface area contributed by atoms with E-state index in [1.165, 1.54) is 0 Å². The molecule has 0 amide bonds. The summed E-state index contributed by atoms with van der Waals surface area (Å²) in [7, 11) is 0. The van der Waals surface area contributed by atoms with Crippen molar-refractivity contribution in [1.29, 1.82) is 0 Å². The highest BCUT2D eigenvalue weighted by Gasteiger charge is 2.11. The van der Waals surface area contributed by atoms with Gasteiger partial charge in [0.05, 0.1) is 10.0 Å². The van der Waals surface area contributed by atoms with Crippen molar-refractivity contribution in [2.45, 2.75) is 25.7 Å². The van der Waals surface area contributed by atoms with Gasteiger partial charge in [-0.15, -0.1) is 0 Å². The van der Waals surface area contributed by atoms with Crippen LogP contribution in [0.5, 0.6) is 0 Å². The lowest BCUT2D eigenvalue weighted by molar-refractivity contribution is -0.137. The van der Waals surface area contributed by atoms with Crippen LogP contribution in [-0.4, -0.2) is 11.1 Å². The lowest BCUT2D eigenvalue weighted by Gasteiger charge is -2.12. The van der Waals surface area contributed by atoms with Crippen molar-refractivity contribution >= 4 is 29.2 Å². The summed E-state index contributed by atoms with van der Waals surface area (Å²) < 4.78 is 0. The highest BCUT2D eigenvalue weighted by molar-refractivity contribution is 6.42. The van der Waals surface area contributed by atoms with Crippen LogP contribution in [0.1, 0.15) is 31.2 Å². The fourth-order valence-corrected chi connectivity index (χ4v) is 1.93. The summed E-state index contributed by atoms with van der Waals surface area (Å²) >= 11 is 11.8. The Labute approximate surface area is 111 Å². The van der Waals surface area contributed by atoms with Crippen molar-refractivity contribution < 1.29 is 9.90 Å². The molecule has 0 aliphatic heterocycles. The second-order valence-electron chi connectivity index (χ2n) is 3.74. The third kappa shape index (κ3) is 4.41. The first-order chi connectivity index (χ1) is 8.04. The third-order valence-electron chi connectivity index (χ3n) is 2.47. The van der Waals surface area contributed by atoms with Gasteiger partial charge in [0, 0.05) is 12.3 Å². The number of carboxylic acids is 1. The van der Waals surface area contributed by atoms with Gasteiger partial charge >= 0.3 is 5.97 Å². The second-order valence-corrected chi connectivity index (χ2v) is 4.55. The number of allylic oxidation sites excluding steroid dienone is 2. The van der Waals surface area contributed by atoms with Crippen molar-refractivity contribution in [2.24, 2.45) is 0 Å². The maximum atomic E-state index is 10.6. The molecule has 1 atom stereocenters. The van der Waals surface area contributed by atoms with E-state index in [-0.39, 0.29) is 12.3 Å². The van der Waals surface area contributed by atoms with Crippen LogP contribution in [0.2, 0.25) is 10.0 Å². The summed E-state index contributed by atoms with van der Waals surface area (Å²) in [6, 6.07) is 5.40. The third-order valence-corrected chi connectivity index (χ3v) is 3.20. The average Bonchev–Trinajstić information content (AvgIpc) is 2.28. The molecule has 2 nitrogen and oxygen atoms in total. The van der Waals surface area contributed by atoms with Gasteiger partial charge in [0.2, 0.25) is 0 Å². The molecular weight excluding hydrogens is 259 g/mol. The highest BCUT2D eigenvalue weighted by atomic mass is 35.5. The van der Waals surface area contributed by atoms with Crippen LogP contribution in [0.3, 0.4) is 0 Å². The Balaban J connectivity index is 2.89. The molecule has 0 aromatic heterocycles. The van der Waals surface area contributed by atoms with E-state index in [9.17, 15) is 4.79 Å². The zero-order valence-corrected chi connectivity index (χ0v) is 11.0. The van der Waals surface area contributed by atoms with Crippen LogP contribution in [0.15, 0.2) is 30.4 Å². The first-order valence-electron chi connectivity index (χ1n) is 5.34. The number of hydrogen-bond donors (Lipinski definition) is 1. The molecule has 0 saturated carbocycles. The number of hydrogen-bond acceptors (Lipinski definition) is 1. The van der Waals surface area contributed by atoms with E-state index in [0.29, 0.717) is 16.5 Å². The highest BCUT2D eigenvalue weighted by Crippen LogP contribution is 2.29. The Hall–Kier alpha value is -0.990. The van der Waals surface area contributed by atoms with Crippen LogP contribution in [0, 0.1) is 0 Å². The van der Waals surface area contributed by atoms with Gasteiger partial charge in [-0.25, -0.2) is 0 Å². The first kappa shape index (κ1) is 14.1. The number of halogens is 2. The predicted molar refractivity (Wildman–Crippen MR) is 70.9 cm³/mol. The van der Waals surface area contributed by atoms with Gasteiger partial charge in [0.25, 0.3) is 0 Å². The van der Waals surface area contributed by atoms with Gasteiger partial charge in [-0.05, 0) is 31.0 Å². The SMILES string of the molecule is CC=C[C@H](CCC(=O)O)c1ccc(Cl)c(Cl)c1. The molecule has 4 heteroatoms.